The molecule has 0 radical (unpaired) electrons. The number of nitrogens with zero attached hydrogens (tertiary/aromatic N) is 2. The molecule has 3 aromatic rings. The monoisotopic (exact) mass is 482 g/mol. The summed E-state index contributed by atoms with van der Waals surface area (Å²) in [6.45, 7) is 1.65. The molecule has 0 amide bonds. The number of Topliss-reactive ketones (excluding diaryl/α,β-unsaturated/α-hetero) is 1. The van der Waals surface area contributed by atoms with Crippen LogP contribution in [-0.4, -0.2) is 26.6 Å². The number of hydrogen-bond donors (Lipinski definition) is 1. The smallest absolute Gasteiger partial charge is 0.416 e. The van der Waals surface area contributed by atoms with E-state index in [-0.39, 0.29) is 17.7 Å². The van der Waals surface area contributed by atoms with Crippen molar-refractivity contribution in [3.05, 3.63) is 76.5 Å². The van der Waals surface area contributed by atoms with Crippen molar-refractivity contribution in [3.8, 4) is 11.6 Å². The van der Waals surface area contributed by atoms with Crippen LogP contribution in [0.15, 0.2) is 48.5 Å². The minimum atomic E-state index is -4.65. The average molecular weight is 482 g/mol. The van der Waals surface area contributed by atoms with Gasteiger partial charge in [-0.15, -0.1) is 0 Å². The van der Waals surface area contributed by atoms with E-state index in [1.807, 2.05) is 0 Å². The molecule has 6 nitrogen and oxygen atoms in total. The van der Waals surface area contributed by atoms with Crippen molar-refractivity contribution >= 4 is 11.8 Å². The zero-order chi connectivity index (χ0) is 25.2. The van der Waals surface area contributed by atoms with Crippen LogP contribution in [0.2, 0.25) is 0 Å². The Morgan fingerprint density at radius 2 is 1.76 bits per heavy atom. The average Bonchev–Trinajstić information content (AvgIpc) is 3.09. The quantitative estimate of drug-likeness (QED) is 0.304. The molecule has 2 aromatic carbocycles. The number of carboxylic acid groups (broad SMARTS) is 1. The van der Waals surface area contributed by atoms with Gasteiger partial charge in [-0.2, -0.15) is 18.3 Å². The number of aromatic nitrogens is 2. The van der Waals surface area contributed by atoms with Crippen molar-refractivity contribution in [3.63, 3.8) is 0 Å². The van der Waals surface area contributed by atoms with Crippen LogP contribution in [-0.2, 0) is 13.2 Å². The fourth-order valence-electron chi connectivity index (χ4n) is 3.36. The number of rotatable bonds is 8. The number of carbonyl (C=O) groups is 2. The molecule has 1 heterocycles. The van der Waals surface area contributed by atoms with Crippen LogP contribution in [0.25, 0.3) is 0 Å². The highest BCUT2D eigenvalue weighted by Gasteiger charge is 2.32. The Kier molecular flexibility index (Phi) is 7.04. The Bertz CT molecular complexity index is 1200. The Hall–Kier alpha value is -3.76. The summed E-state index contributed by atoms with van der Waals surface area (Å²) in [7, 11) is 1.24. The Balaban J connectivity index is 1.92. The molecule has 0 bridgehead atoms. The third-order valence-corrected chi connectivity index (χ3v) is 5.10. The van der Waals surface area contributed by atoms with E-state index in [1.165, 1.54) is 37.4 Å². The number of aryl methyl sites for hydroxylation is 1. The van der Waals surface area contributed by atoms with Gasteiger partial charge < -0.3 is 9.84 Å². The summed E-state index contributed by atoms with van der Waals surface area (Å²) < 4.78 is 72.6. The molecule has 0 saturated heterocycles. The van der Waals surface area contributed by atoms with Gasteiger partial charge in [0, 0.05) is 13.5 Å². The fraction of sp³-hybridized carbons (Fsp3) is 0.261. The first-order valence-corrected chi connectivity index (χ1v) is 9.95. The van der Waals surface area contributed by atoms with E-state index in [2.05, 4.69) is 5.10 Å². The van der Waals surface area contributed by atoms with Crippen molar-refractivity contribution in [1.82, 2.24) is 9.78 Å². The first-order valence-electron chi connectivity index (χ1n) is 9.95. The van der Waals surface area contributed by atoms with Gasteiger partial charge in [-0.25, -0.2) is 18.3 Å². The SMILES string of the molecule is C[C@H](CC(=O)c1c(C(F)F)nn(C)c1Oc1cccc(C(F)(F)F)c1)c1ccc(C(=O)O)cc1. The summed E-state index contributed by atoms with van der Waals surface area (Å²) in [5.74, 6) is -3.07. The highest BCUT2D eigenvalue weighted by molar-refractivity contribution is 6.00. The van der Waals surface area contributed by atoms with Crippen LogP contribution in [0.5, 0.6) is 11.6 Å². The van der Waals surface area contributed by atoms with Gasteiger partial charge in [0.05, 0.1) is 11.1 Å². The van der Waals surface area contributed by atoms with Crippen molar-refractivity contribution in [2.75, 3.05) is 0 Å². The molecule has 0 spiro atoms. The van der Waals surface area contributed by atoms with E-state index in [0.717, 1.165) is 16.8 Å². The van der Waals surface area contributed by atoms with Crippen LogP contribution in [0.1, 0.15) is 63.2 Å². The molecule has 3 rings (SSSR count). The van der Waals surface area contributed by atoms with Gasteiger partial charge in [-0.3, -0.25) is 4.79 Å². The molecule has 0 aliphatic carbocycles. The minimum absolute atomic E-state index is 0.0475. The molecular formula is C23H19F5N2O4. The van der Waals surface area contributed by atoms with Gasteiger partial charge in [-0.1, -0.05) is 25.1 Å². The van der Waals surface area contributed by atoms with Crippen LogP contribution in [0, 0.1) is 0 Å². The minimum Gasteiger partial charge on any atom is -0.478 e. The van der Waals surface area contributed by atoms with Crippen molar-refractivity contribution in [1.29, 1.82) is 0 Å². The summed E-state index contributed by atoms with van der Waals surface area (Å²) in [5.41, 5.74) is -1.73. The van der Waals surface area contributed by atoms with E-state index in [1.54, 1.807) is 6.92 Å². The lowest BCUT2D eigenvalue weighted by molar-refractivity contribution is -0.137. The van der Waals surface area contributed by atoms with Crippen molar-refractivity contribution in [2.45, 2.75) is 31.9 Å². The van der Waals surface area contributed by atoms with Crippen LogP contribution in [0.3, 0.4) is 0 Å². The highest BCUT2D eigenvalue weighted by Crippen LogP contribution is 2.37. The Morgan fingerprint density at radius 3 is 2.32 bits per heavy atom. The maximum Gasteiger partial charge on any atom is 0.416 e. The topological polar surface area (TPSA) is 81.4 Å². The molecule has 1 aromatic heterocycles. The van der Waals surface area contributed by atoms with E-state index < -0.39 is 53.0 Å². The van der Waals surface area contributed by atoms with Gasteiger partial charge in [0.15, 0.2) is 5.78 Å². The van der Waals surface area contributed by atoms with E-state index in [9.17, 15) is 31.5 Å². The van der Waals surface area contributed by atoms with Crippen LogP contribution < -0.4 is 4.74 Å². The normalized spacial score (nSPS) is 12.6. The van der Waals surface area contributed by atoms with Gasteiger partial charge in [0.1, 0.15) is 17.0 Å². The molecule has 1 N–H and O–H groups in total. The van der Waals surface area contributed by atoms with Gasteiger partial charge >= 0.3 is 12.1 Å². The van der Waals surface area contributed by atoms with E-state index >= 15 is 0 Å². The van der Waals surface area contributed by atoms with Crippen LogP contribution in [0.4, 0.5) is 22.0 Å². The zero-order valence-electron chi connectivity index (χ0n) is 17.9. The number of carboxylic acids is 1. The Morgan fingerprint density at radius 1 is 1.12 bits per heavy atom. The lowest BCUT2D eigenvalue weighted by atomic mass is 9.92. The van der Waals surface area contributed by atoms with Crippen LogP contribution >= 0.6 is 0 Å². The summed E-state index contributed by atoms with van der Waals surface area (Å²) in [5, 5.41) is 12.6. The first-order chi connectivity index (χ1) is 15.9. The summed E-state index contributed by atoms with van der Waals surface area (Å²) in [4.78, 5) is 24.0. The maximum atomic E-state index is 13.6. The number of halogens is 5. The molecular weight excluding hydrogens is 463 g/mol. The molecule has 11 heteroatoms. The standard InChI is InChI=1S/C23H19F5N2O4/c1-12(13-6-8-14(9-7-13)22(32)33)10-17(31)18-19(20(24)25)29-30(2)21(18)34-16-5-3-4-15(11-16)23(26,27)28/h3-9,11-12,20H,10H2,1-2H3,(H,32,33)/t12-/m1/s1. The van der Waals surface area contributed by atoms with Crippen molar-refractivity contribution in [2.24, 2.45) is 7.05 Å². The number of hydrogen-bond acceptors (Lipinski definition) is 4. The number of benzene rings is 2. The predicted octanol–water partition coefficient (Wildman–Crippen LogP) is 6.24. The second-order valence-corrected chi connectivity index (χ2v) is 7.57. The van der Waals surface area contributed by atoms with Gasteiger partial charge in [-0.05, 0) is 41.8 Å². The fourth-order valence-corrected chi connectivity index (χ4v) is 3.36. The summed E-state index contributed by atoms with van der Waals surface area (Å²) in [6, 6.07) is 9.54. The molecule has 0 fully saturated rings. The summed E-state index contributed by atoms with van der Waals surface area (Å²) >= 11 is 0. The number of ketones is 1. The molecule has 0 aliphatic heterocycles. The third kappa shape index (κ3) is 5.41. The predicted molar refractivity (Wildman–Crippen MR) is 110 cm³/mol. The van der Waals surface area contributed by atoms with Gasteiger partial charge in [0.2, 0.25) is 5.88 Å². The first kappa shape index (κ1) is 24.9. The molecule has 34 heavy (non-hydrogen) atoms. The van der Waals surface area contributed by atoms with E-state index in [0.29, 0.717) is 11.6 Å². The Labute approximate surface area is 190 Å². The maximum absolute atomic E-state index is 13.6. The van der Waals surface area contributed by atoms with Gasteiger partial charge in [0.25, 0.3) is 6.43 Å². The lowest BCUT2D eigenvalue weighted by Crippen LogP contribution is -2.09. The number of alkyl halides is 5. The summed E-state index contributed by atoms with van der Waals surface area (Å²) in [6.07, 6.45) is -8.03. The second kappa shape index (κ2) is 9.62. The molecule has 0 saturated carbocycles. The largest absolute Gasteiger partial charge is 0.478 e. The number of ether oxygens (including phenoxy) is 1. The molecule has 0 aliphatic rings. The highest BCUT2D eigenvalue weighted by atomic mass is 19.4. The zero-order valence-corrected chi connectivity index (χ0v) is 17.9. The number of aromatic carboxylic acids is 1. The lowest BCUT2D eigenvalue weighted by Gasteiger charge is -2.14. The van der Waals surface area contributed by atoms with Crippen molar-refractivity contribution < 1.29 is 41.4 Å². The van der Waals surface area contributed by atoms with E-state index in [4.69, 9.17) is 9.84 Å². The molecule has 0 unspecified atom stereocenters. The third-order valence-electron chi connectivity index (χ3n) is 5.10. The molecule has 180 valence electrons. The number of carbonyl (C=O) groups excluding carboxylic acids is 1. The molecule has 1 atom stereocenters. The second-order valence-electron chi connectivity index (χ2n) is 7.57.